The summed E-state index contributed by atoms with van der Waals surface area (Å²) < 4.78 is 11.1. The normalized spacial score (nSPS) is 18.0. The maximum Gasteiger partial charge on any atom is 0.305 e. The second kappa shape index (κ2) is 11.2. The van der Waals surface area contributed by atoms with Gasteiger partial charge in [0.2, 0.25) is 9.04 Å². The van der Waals surface area contributed by atoms with Gasteiger partial charge in [0, 0.05) is 18.8 Å². The molecule has 0 fully saturated rings. The molecule has 6 heteroatoms. The largest absolute Gasteiger partial charge is 0.549 e. The Kier molecular flexibility index (Phi) is 10.0. The zero-order valence-electron chi connectivity index (χ0n) is 17.4. The van der Waals surface area contributed by atoms with E-state index in [0.717, 1.165) is 42.1 Å². The molecule has 1 aliphatic rings. The zero-order chi connectivity index (χ0) is 19.7. The zero-order valence-corrected chi connectivity index (χ0v) is 19.3. The SMILES string of the molecule is CCOC(=O)CCCCCCSC1=C(O[SiH](C)C)[C@H](C(C)(C)C)CC1=O. The van der Waals surface area contributed by atoms with Crippen molar-refractivity contribution in [2.45, 2.75) is 79.3 Å². The number of Topliss-reactive ketones (excluding diaryl/α,β-unsaturated/α-hetero) is 1. The topological polar surface area (TPSA) is 52.6 Å². The third-order valence-corrected chi connectivity index (χ3v) is 6.35. The van der Waals surface area contributed by atoms with Crippen molar-refractivity contribution < 1.29 is 18.8 Å². The molecule has 0 saturated heterocycles. The van der Waals surface area contributed by atoms with E-state index >= 15 is 0 Å². The lowest BCUT2D eigenvalue weighted by Crippen LogP contribution is -2.24. The molecule has 0 unspecified atom stereocenters. The molecule has 0 radical (unpaired) electrons. The predicted octanol–water partition coefficient (Wildman–Crippen LogP) is 5.08. The molecule has 0 heterocycles. The predicted molar refractivity (Wildman–Crippen MR) is 112 cm³/mol. The van der Waals surface area contributed by atoms with E-state index in [4.69, 9.17) is 9.16 Å². The van der Waals surface area contributed by atoms with E-state index in [0.29, 0.717) is 19.4 Å². The number of unbranched alkanes of at least 4 members (excludes halogenated alkanes) is 3. The van der Waals surface area contributed by atoms with Gasteiger partial charge in [0.05, 0.1) is 11.5 Å². The van der Waals surface area contributed by atoms with Crippen LogP contribution in [0.2, 0.25) is 13.1 Å². The van der Waals surface area contributed by atoms with Crippen LogP contribution in [-0.2, 0) is 18.8 Å². The van der Waals surface area contributed by atoms with Crippen LogP contribution in [0.3, 0.4) is 0 Å². The third kappa shape index (κ3) is 7.87. The van der Waals surface area contributed by atoms with Crippen molar-refractivity contribution in [1.29, 1.82) is 0 Å². The number of carbonyl (C=O) groups excluding carboxylic acids is 2. The van der Waals surface area contributed by atoms with Crippen molar-refractivity contribution >= 4 is 32.6 Å². The Labute approximate surface area is 165 Å². The first-order valence-electron chi connectivity index (χ1n) is 9.89. The second-order valence-corrected chi connectivity index (χ2v) is 11.7. The summed E-state index contributed by atoms with van der Waals surface area (Å²) in [7, 11) is -1.24. The molecule has 1 aliphatic carbocycles. The van der Waals surface area contributed by atoms with Gasteiger partial charge in [-0.1, -0.05) is 33.6 Å². The molecule has 0 N–H and O–H groups in total. The molecule has 1 atom stereocenters. The summed E-state index contributed by atoms with van der Waals surface area (Å²) in [5.41, 5.74) is 0.0453. The Morgan fingerprint density at radius 2 is 1.85 bits per heavy atom. The lowest BCUT2D eigenvalue weighted by molar-refractivity contribution is -0.143. The van der Waals surface area contributed by atoms with Crippen molar-refractivity contribution in [3.05, 3.63) is 10.7 Å². The van der Waals surface area contributed by atoms with E-state index in [-0.39, 0.29) is 23.1 Å². The molecule has 1 rings (SSSR count). The number of hydrogen-bond donors (Lipinski definition) is 0. The van der Waals surface area contributed by atoms with Gasteiger partial charge in [-0.2, -0.15) is 0 Å². The molecule has 0 spiro atoms. The fourth-order valence-corrected chi connectivity index (χ4v) is 5.04. The van der Waals surface area contributed by atoms with Crippen molar-refractivity contribution in [3.63, 3.8) is 0 Å². The molecular weight excluding hydrogens is 364 g/mol. The number of rotatable bonds is 11. The summed E-state index contributed by atoms with van der Waals surface area (Å²) >= 11 is 1.67. The van der Waals surface area contributed by atoms with Crippen LogP contribution in [0.15, 0.2) is 10.7 Å². The summed E-state index contributed by atoms with van der Waals surface area (Å²) in [6.45, 7) is 13.2. The highest BCUT2D eigenvalue weighted by Gasteiger charge is 2.40. The molecule has 0 aromatic carbocycles. The van der Waals surface area contributed by atoms with Crippen LogP contribution >= 0.6 is 11.8 Å². The number of ketones is 1. The van der Waals surface area contributed by atoms with Gasteiger partial charge in [0.25, 0.3) is 0 Å². The smallest absolute Gasteiger partial charge is 0.305 e. The Hall–Kier alpha value is -0.753. The van der Waals surface area contributed by atoms with Crippen LogP contribution in [0.4, 0.5) is 0 Å². The Bertz CT molecular complexity index is 508. The maximum absolute atomic E-state index is 12.5. The van der Waals surface area contributed by atoms with Gasteiger partial charge < -0.3 is 9.16 Å². The van der Waals surface area contributed by atoms with Crippen LogP contribution in [0.25, 0.3) is 0 Å². The maximum atomic E-state index is 12.5. The second-order valence-electron chi connectivity index (χ2n) is 8.22. The standard InChI is InChI=1S/C20H36O4SSi/c1-7-23-17(22)12-10-8-9-11-13-25-19-16(21)14-15(20(2,3)4)18(19)24-26(5)6/h15,26H,7-14H2,1-6H3/t15-/m1/s1. The minimum Gasteiger partial charge on any atom is -0.549 e. The molecule has 0 saturated carbocycles. The lowest BCUT2D eigenvalue weighted by Gasteiger charge is -2.30. The molecule has 0 aromatic rings. The Morgan fingerprint density at radius 1 is 1.19 bits per heavy atom. The van der Waals surface area contributed by atoms with Crippen LogP contribution < -0.4 is 0 Å². The van der Waals surface area contributed by atoms with E-state index in [1.807, 2.05) is 6.92 Å². The van der Waals surface area contributed by atoms with Crippen molar-refractivity contribution in [1.82, 2.24) is 0 Å². The number of allylic oxidation sites excluding steroid dienone is 2. The number of esters is 1. The van der Waals surface area contributed by atoms with Crippen LogP contribution in [0, 0.1) is 11.3 Å². The highest BCUT2D eigenvalue weighted by Crippen LogP contribution is 2.45. The molecule has 150 valence electrons. The van der Waals surface area contributed by atoms with Crippen LogP contribution in [-0.4, -0.2) is 33.2 Å². The summed E-state index contributed by atoms with van der Waals surface area (Å²) in [4.78, 5) is 24.7. The minimum absolute atomic E-state index is 0.0453. The summed E-state index contributed by atoms with van der Waals surface area (Å²) in [6, 6.07) is 0. The molecule has 0 aliphatic heterocycles. The van der Waals surface area contributed by atoms with Crippen LogP contribution in [0.5, 0.6) is 0 Å². The summed E-state index contributed by atoms with van der Waals surface area (Å²) in [5, 5.41) is 0. The van der Waals surface area contributed by atoms with E-state index in [2.05, 4.69) is 33.9 Å². The average molecular weight is 401 g/mol. The molecule has 0 amide bonds. The summed E-state index contributed by atoms with van der Waals surface area (Å²) in [6.07, 6.45) is 5.13. The number of ether oxygens (including phenoxy) is 1. The average Bonchev–Trinajstić information content (AvgIpc) is 2.82. The first-order valence-corrected chi connectivity index (χ1v) is 13.7. The molecule has 0 aromatic heterocycles. The van der Waals surface area contributed by atoms with Gasteiger partial charge in [-0.3, -0.25) is 9.59 Å². The van der Waals surface area contributed by atoms with Crippen molar-refractivity contribution in [2.75, 3.05) is 12.4 Å². The van der Waals surface area contributed by atoms with Gasteiger partial charge in [-0.15, -0.1) is 11.8 Å². The molecular formula is C20H36O4SSi. The number of carbonyl (C=O) groups is 2. The number of hydrogen-bond acceptors (Lipinski definition) is 5. The monoisotopic (exact) mass is 400 g/mol. The van der Waals surface area contributed by atoms with Gasteiger partial charge in [-0.25, -0.2) is 0 Å². The van der Waals surface area contributed by atoms with E-state index in [9.17, 15) is 9.59 Å². The molecule has 0 bridgehead atoms. The van der Waals surface area contributed by atoms with Crippen molar-refractivity contribution in [3.8, 4) is 0 Å². The van der Waals surface area contributed by atoms with Gasteiger partial charge in [0.1, 0.15) is 5.76 Å². The fraction of sp³-hybridized carbons (Fsp3) is 0.800. The highest BCUT2D eigenvalue weighted by molar-refractivity contribution is 8.04. The quantitative estimate of drug-likeness (QED) is 0.275. The highest BCUT2D eigenvalue weighted by atomic mass is 32.2. The Morgan fingerprint density at radius 3 is 2.42 bits per heavy atom. The fourth-order valence-electron chi connectivity index (χ4n) is 3.04. The van der Waals surface area contributed by atoms with Crippen molar-refractivity contribution in [2.24, 2.45) is 11.3 Å². The lowest BCUT2D eigenvalue weighted by atomic mass is 9.79. The van der Waals surface area contributed by atoms with Gasteiger partial charge in [-0.05, 0) is 44.0 Å². The van der Waals surface area contributed by atoms with Gasteiger partial charge >= 0.3 is 5.97 Å². The Balaban J connectivity index is 2.47. The third-order valence-electron chi connectivity index (χ3n) is 4.42. The summed E-state index contributed by atoms with van der Waals surface area (Å²) in [5.74, 6) is 2.26. The molecule has 26 heavy (non-hydrogen) atoms. The first kappa shape index (κ1) is 23.3. The van der Waals surface area contributed by atoms with E-state index in [1.54, 1.807) is 11.8 Å². The first-order chi connectivity index (χ1) is 12.2. The molecule has 4 nitrogen and oxygen atoms in total. The van der Waals surface area contributed by atoms with E-state index < -0.39 is 9.04 Å². The van der Waals surface area contributed by atoms with Gasteiger partial charge in [0.15, 0.2) is 5.78 Å². The van der Waals surface area contributed by atoms with E-state index in [1.165, 1.54) is 0 Å². The number of thioether (sulfide) groups is 1. The minimum atomic E-state index is -1.24. The van der Waals surface area contributed by atoms with Crippen LogP contribution in [0.1, 0.15) is 66.2 Å².